The lowest BCUT2D eigenvalue weighted by atomic mass is 10.9. The Bertz CT molecular complexity index is 181. The van der Waals surface area contributed by atoms with E-state index in [-0.39, 0.29) is 6.08 Å². The number of hydrogen-bond acceptors (Lipinski definition) is 4. The summed E-state index contributed by atoms with van der Waals surface area (Å²) in [5.74, 6) is 0. The molecular formula is C5H5N2O2. The fourth-order valence-corrected chi connectivity index (χ4v) is 0.340. The second-order valence-electron chi connectivity index (χ2n) is 1.20. The van der Waals surface area contributed by atoms with Crippen LogP contribution in [0.2, 0.25) is 0 Å². The van der Waals surface area contributed by atoms with E-state index in [2.05, 4.69) is 25.6 Å². The van der Waals surface area contributed by atoms with Crippen LogP contribution in [-0.2, 0) is 0 Å². The maximum Gasteiger partial charge on any atom is 0.420 e. The Morgan fingerprint density at radius 2 is 2.78 bits per heavy atom. The molecule has 0 atom stereocenters. The molecule has 0 aromatic carbocycles. The van der Waals surface area contributed by atoms with Gasteiger partial charge in [0.1, 0.15) is 12.5 Å². The third-order valence-electron chi connectivity index (χ3n) is 0.625. The normalized spacial score (nSPS) is 10.3. The lowest BCUT2D eigenvalue weighted by Gasteiger charge is -1.84. The standard InChI is InChI=1S/C5H5N2O2/c1-2-7-9-5-6-3-4-8-5/h3-4H,1H3. The van der Waals surface area contributed by atoms with Gasteiger partial charge in [-0.15, -0.1) is 0 Å². The van der Waals surface area contributed by atoms with Gasteiger partial charge in [-0.25, -0.2) is 0 Å². The van der Waals surface area contributed by atoms with Crippen molar-refractivity contribution in [2.75, 3.05) is 0 Å². The average Bonchev–Trinajstić information content (AvgIpc) is 2.34. The zero-order valence-electron chi connectivity index (χ0n) is 4.87. The summed E-state index contributed by atoms with van der Waals surface area (Å²) >= 11 is 0. The second kappa shape index (κ2) is 2.86. The lowest BCUT2D eigenvalue weighted by Crippen LogP contribution is -1.80. The molecule has 0 N–H and O–H groups in total. The fourth-order valence-electron chi connectivity index (χ4n) is 0.340. The van der Waals surface area contributed by atoms with Gasteiger partial charge in [0, 0.05) is 0 Å². The monoisotopic (exact) mass is 125 g/mol. The molecule has 4 heteroatoms. The molecule has 4 nitrogen and oxygen atoms in total. The maximum absolute atomic E-state index is 4.67. The van der Waals surface area contributed by atoms with Crippen LogP contribution < -0.4 is 4.84 Å². The largest absolute Gasteiger partial charge is 0.420 e. The van der Waals surface area contributed by atoms with Crippen LogP contribution in [0.1, 0.15) is 6.92 Å². The smallest absolute Gasteiger partial charge is 0.416 e. The highest BCUT2D eigenvalue weighted by molar-refractivity contribution is 5.52. The topological polar surface area (TPSA) is 47.6 Å². The molecule has 0 saturated carbocycles. The van der Waals surface area contributed by atoms with Crippen LogP contribution >= 0.6 is 0 Å². The molecule has 1 radical (unpaired) electrons. The van der Waals surface area contributed by atoms with E-state index in [0.29, 0.717) is 0 Å². The van der Waals surface area contributed by atoms with Gasteiger partial charge in [0.05, 0.1) is 6.20 Å². The van der Waals surface area contributed by atoms with Gasteiger partial charge in [0.15, 0.2) is 0 Å². The fraction of sp³-hybridized carbons (Fsp3) is 0.200. The molecule has 0 fully saturated rings. The first kappa shape index (κ1) is 5.81. The number of oxazole rings is 1. The predicted molar refractivity (Wildman–Crippen MR) is 30.2 cm³/mol. The Hall–Kier alpha value is -1.32. The van der Waals surface area contributed by atoms with E-state index in [1.54, 1.807) is 6.92 Å². The van der Waals surface area contributed by atoms with E-state index in [1.807, 2.05) is 0 Å². The van der Waals surface area contributed by atoms with Crippen LogP contribution in [0.25, 0.3) is 0 Å². The molecule has 1 rings (SSSR count). The summed E-state index contributed by atoms with van der Waals surface area (Å²) in [5.41, 5.74) is 0. The van der Waals surface area contributed by atoms with Crippen molar-refractivity contribution in [3.63, 3.8) is 0 Å². The third-order valence-corrected chi connectivity index (χ3v) is 0.625. The summed E-state index contributed by atoms with van der Waals surface area (Å²) in [6.07, 6.45) is 5.41. The van der Waals surface area contributed by atoms with Crippen molar-refractivity contribution < 1.29 is 9.25 Å². The molecule has 0 aliphatic rings. The van der Waals surface area contributed by atoms with E-state index in [9.17, 15) is 0 Å². The van der Waals surface area contributed by atoms with Gasteiger partial charge < -0.3 is 4.42 Å². The average molecular weight is 125 g/mol. The highest BCUT2D eigenvalue weighted by atomic mass is 16.7. The van der Waals surface area contributed by atoms with E-state index >= 15 is 0 Å². The van der Waals surface area contributed by atoms with Gasteiger partial charge in [-0.1, -0.05) is 5.16 Å². The molecular weight excluding hydrogens is 120 g/mol. The molecule has 1 heterocycles. The van der Waals surface area contributed by atoms with Crippen molar-refractivity contribution >= 4 is 6.21 Å². The quantitative estimate of drug-likeness (QED) is 0.436. The van der Waals surface area contributed by atoms with E-state index in [1.165, 1.54) is 12.5 Å². The summed E-state index contributed by atoms with van der Waals surface area (Å²) in [7, 11) is 0. The van der Waals surface area contributed by atoms with E-state index < -0.39 is 0 Å². The molecule has 0 aliphatic heterocycles. The number of hydrogen-bond donors (Lipinski definition) is 0. The molecule has 0 amide bonds. The first-order valence-electron chi connectivity index (χ1n) is 2.37. The summed E-state index contributed by atoms with van der Waals surface area (Å²) in [6, 6.07) is 0. The Morgan fingerprint density at radius 1 is 1.89 bits per heavy atom. The van der Waals surface area contributed by atoms with Crippen LogP contribution in [0, 0.1) is 0 Å². The van der Waals surface area contributed by atoms with Gasteiger partial charge in [-0.05, 0) is 6.92 Å². The number of aromatic nitrogens is 1. The van der Waals surface area contributed by atoms with Crippen molar-refractivity contribution in [2.24, 2.45) is 5.16 Å². The molecule has 1 aromatic heterocycles. The molecule has 0 unspecified atom stereocenters. The molecule has 0 aliphatic carbocycles. The Kier molecular flexibility index (Phi) is 1.85. The molecule has 9 heavy (non-hydrogen) atoms. The summed E-state index contributed by atoms with van der Waals surface area (Å²) in [6.45, 7) is 1.61. The van der Waals surface area contributed by atoms with Crippen LogP contribution in [0.4, 0.5) is 0 Å². The maximum atomic E-state index is 4.67. The Morgan fingerprint density at radius 3 is 3.33 bits per heavy atom. The molecule has 47 valence electrons. The van der Waals surface area contributed by atoms with Crippen molar-refractivity contribution in [3.05, 3.63) is 12.5 Å². The van der Waals surface area contributed by atoms with Gasteiger partial charge in [-0.2, -0.15) is 4.98 Å². The van der Waals surface area contributed by atoms with Crippen LogP contribution in [0.15, 0.2) is 22.0 Å². The minimum Gasteiger partial charge on any atom is -0.416 e. The van der Waals surface area contributed by atoms with E-state index in [4.69, 9.17) is 0 Å². The lowest BCUT2D eigenvalue weighted by molar-refractivity contribution is 0.244. The third kappa shape index (κ3) is 1.56. The van der Waals surface area contributed by atoms with Gasteiger partial charge in [0.25, 0.3) is 0 Å². The first-order chi connectivity index (χ1) is 4.43. The van der Waals surface area contributed by atoms with Gasteiger partial charge >= 0.3 is 6.08 Å². The number of rotatable bonds is 2. The van der Waals surface area contributed by atoms with E-state index in [0.717, 1.165) is 0 Å². The van der Waals surface area contributed by atoms with Crippen LogP contribution in [0.5, 0.6) is 6.08 Å². The predicted octanol–water partition coefficient (Wildman–Crippen LogP) is 0.936. The Labute approximate surface area is 52.1 Å². The highest BCUT2D eigenvalue weighted by Gasteiger charge is 1.92. The second-order valence-corrected chi connectivity index (χ2v) is 1.20. The molecule has 0 spiro atoms. The van der Waals surface area contributed by atoms with Crippen molar-refractivity contribution in [1.29, 1.82) is 0 Å². The Balaban J connectivity index is 2.48. The molecule has 0 saturated heterocycles. The minimum atomic E-state index is 0.129. The molecule has 1 aromatic rings. The summed E-state index contributed by atoms with van der Waals surface area (Å²) in [4.78, 5) is 8.16. The molecule has 0 bridgehead atoms. The summed E-state index contributed by atoms with van der Waals surface area (Å²) in [5, 5.41) is 3.31. The number of nitrogens with zero attached hydrogens (tertiary/aromatic N) is 2. The van der Waals surface area contributed by atoms with Crippen molar-refractivity contribution in [1.82, 2.24) is 4.98 Å². The van der Waals surface area contributed by atoms with Crippen molar-refractivity contribution in [2.45, 2.75) is 6.92 Å². The highest BCUT2D eigenvalue weighted by Crippen LogP contribution is 2.03. The zero-order valence-corrected chi connectivity index (χ0v) is 4.87. The van der Waals surface area contributed by atoms with Gasteiger partial charge in [0.2, 0.25) is 0 Å². The van der Waals surface area contributed by atoms with Crippen molar-refractivity contribution in [3.8, 4) is 6.08 Å². The minimum absolute atomic E-state index is 0.129. The van der Waals surface area contributed by atoms with Gasteiger partial charge in [-0.3, -0.25) is 4.84 Å². The first-order valence-corrected chi connectivity index (χ1v) is 2.37. The zero-order chi connectivity index (χ0) is 6.53. The van der Waals surface area contributed by atoms with Crippen LogP contribution in [-0.4, -0.2) is 11.2 Å². The SMILES string of the molecule is C[C]=NOc1ncco1. The summed E-state index contributed by atoms with van der Waals surface area (Å²) < 4.78 is 4.67. The van der Waals surface area contributed by atoms with Crippen LogP contribution in [0.3, 0.4) is 0 Å².